The summed E-state index contributed by atoms with van der Waals surface area (Å²) in [6, 6.07) is 10.9. The topological polar surface area (TPSA) is 59.0 Å². The molecule has 0 bridgehead atoms. The second kappa shape index (κ2) is 10.4. The second-order valence-electron chi connectivity index (χ2n) is 10.3. The number of fused-ring (bicyclic) bond motifs is 5. The summed E-state index contributed by atoms with van der Waals surface area (Å²) in [5.41, 5.74) is 5.20. The third-order valence-corrected chi connectivity index (χ3v) is 7.66. The maximum atomic E-state index is 11.9. The first kappa shape index (κ1) is 23.9. The number of allylic oxidation sites excluding steroid dienone is 3. The Morgan fingerprint density at radius 3 is 2.83 bits per heavy atom. The van der Waals surface area contributed by atoms with E-state index in [4.69, 9.17) is 9.47 Å². The summed E-state index contributed by atoms with van der Waals surface area (Å²) in [7, 11) is 0. The molecule has 4 atom stereocenters. The maximum Gasteiger partial charge on any atom is 0.307 e. The van der Waals surface area contributed by atoms with E-state index in [2.05, 4.69) is 60.4 Å². The van der Waals surface area contributed by atoms with E-state index in [1.165, 1.54) is 36.5 Å². The van der Waals surface area contributed by atoms with Crippen LogP contribution in [0.5, 0.6) is 0 Å². The van der Waals surface area contributed by atoms with Gasteiger partial charge in [0, 0.05) is 25.8 Å². The molecule has 5 heteroatoms. The number of ether oxygens (including phenoxy) is 2. The molecule has 0 saturated heterocycles. The average Bonchev–Trinajstić information content (AvgIpc) is 2.84. The number of hydrogen-bond donors (Lipinski definition) is 1. The van der Waals surface area contributed by atoms with Crippen molar-refractivity contribution in [3.63, 3.8) is 0 Å². The van der Waals surface area contributed by atoms with Gasteiger partial charge in [0.1, 0.15) is 11.5 Å². The van der Waals surface area contributed by atoms with Crippen molar-refractivity contribution in [2.45, 2.75) is 83.5 Å². The van der Waals surface area contributed by atoms with E-state index < -0.39 is 6.10 Å². The number of carbonyl (C=O) groups excluding carboxylic acids is 1. The molecule has 1 unspecified atom stereocenters. The van der Waals surface area contributed by atoms with Crippen molar-refractivity contribution in [3.05, 3.63) is 82.5 Å². The molecule has 2 aliphatic carbocycles. The third-order valence-electron chi connectivity index (χ3n) is 7.66. The summed E-state index contributed by atoms with van der Waals surface area (Å²) in [5, 5.41) is 10.6. The Hall–Kier alpha value is -2.79. The van der Waals surface area contributed by atoms with E-state index in [1.54, 1.807) is 0 Å². The minimum Gasteiger partial charge on any atom is -0.491 e. The molecule has 0 amide bonds. The molecule has 1 aromatic rings. The fraction of sp³-hybridized carbons (Fsp3) is 0.500. The molecule has 5 nitrogen and oxygen atoms in total. The molecule has 1 saturated carbocycles. The minimum atomic E-state index is -0.527. The van der Waals surface area contributed by atoms with Crippen molar-refractivity contribution < 1.29 is 19.4 Å². The molecule has 4 aliphatic rings. The first-order valence-electron chi connectivity index (χ1n) is 13.2. The molecule has 1 N–H and O–H groups in total. The number of nitrogens with zero attached hydrogens (tertiary/aromatic N) is 1. The van der Waals surface area contributed by atoms with E-state index in [0.29, 0.717) is 18.7 Å². The molecule has 1 fully saturated rings. The van der Waals surface area contributed by atoms with Crippen molar-refractivity contribution in [3.8, 4) is 0 Å². The van der Waals surface area contributed by atoms with Crippen LogP contribution in [0, 0.1) is 5.92 Å². The van der Waals surface area contributed by atoms with Gasteiger partial charge in [0.25, 0.3) is 0 Å². The summed E-state index contributed by atoms with van der Waals surface area (Å²) in [4.78, 5) is 14.3. The van der Waals surface area contributed by atoms with Gasteiger partial charge in [-0.3, -0.25) is 4.79 Å². The molecule has 1 aromatic carbocycles. The van der Waals surface area contributed by atoms with E-state index in [0.717, 1.165) is 43.6 Å². The van der Waals surface area contributed by atoms with Crippen molar-refractivity contribution >= 4 is 5.97 Å². The first-order valence-corrected chi connectivity index (χ1v) is 13.2. The van der Waals surface area contributed by atoms with Crippen LogP contribution < -0.4 is 0 Å². The van der Waals surface area contributed by atoms with Crippen molar-refractivity contribution in [1.82, 2.24) is 4.90 Å². The lowest BCUT2D eigenvalue weighted by Crippen LogP contribution is -2.50. The smallest absolute Gasteiger partial charge is 0.307 e. The van der Waals surface area contributed by atoms with Crippen molar-refractivity contribution in [2.24, 2.45) is 5.92 Å². The molecular formula is C30H37NO4. The van der Waals surface area contributed by atoms with Crippen LogP contribution in [-0.4, -0.2) is 40.8 Å². The molecule has 0 radical (unpaired) electrons. The van der Waals surface area contributed by atoms with Crippen LogP contribution in [0.3, 0.4) is 0 Å². The monoisotopic (exact) mass is 475 g/mol. The predicted octanol–water partition coefficient (Wildman–Crippen LogP) is 5.58. The Kier molecular flexibility index (Phi) is 7.14. The van der Waals surface area contributed by atoms with Gasteiger partial charge in [-0.1, -0.05) is 42.8 Å². The zero-order valence-corrected chi connectivity index (χ0v) is 20.9. The largest absolute Gasteiger partial charge is 0.491 e. The molecule has 2 heterocycles. The highest BCUT2D eigenvalue weighted by Crippen LogP contribution is 2.48. The van der Waals surface area contributed by atoms with E-state index in [1.807, 2.05) is 0 Å². The van der Waals surface area contributed by atoms with Crippen LogP contribution in [0.25, 0.3) is 0 Å². The molecule has 2 aliphatic heterocycles. The highest BCUT2D eigenvalue weighted by atomic mass is 16.5. The third kappa shape index (κ3) is 5.25. The summed E-state index contributed by atoms with van der Waals surface area (Å²) in [6.45, 7) is 4.16. The van der Waals surface area contributed by atoms with Crippen LogP contribution in [0.2, 0.25) is 0 Å². The number of aryl methyl sites for hydroxylation is 1. The molecule has 186 valence electrons. The molecule has 0 aromatic heterocycles. The van der Waals surface area contributed by atoms with Gasteiger partial charge in [0.15, 0.2) is 0 Å². The highest BCUT2D eigenvalue weighted by molar-refractivity contribution is 5.67. The number of rotatable bonds is 7. The van der Waals surface area contributed by atoms with Gasteiger partial charge in [-0.25, -0.2) is 0 Å². The Morgan fingerprint density at radius 1 is 1.20 bits per heavy atom. The van der Waals surface area contributed by atoms with Gasteiger partial charge >= 0.3 is 5.97 Å². The number of hydrogen-bond acceptors (Lipinski definition) is 5. The van der Waals surface area contributed by atoms with Gasteiger partial charge < -0.3 is 19.5 Å². The van der Waals surface area contributed by atoms with Crippen LogP contribution >= 0.6 is 0 Å². The standard InChI is InChI=1S/C30H37NO4/c1-20(9-8-12-22-10-4-3-5-11-22)34-24-15-16-25-26-13-6-7-14-28(26)31-19-23(33)17-29(35-21(2)32)30(31)27(25)18-24/h3-5,10-11,15-16,18,20,23,27-28,33H,6-9,12-14,17,19H2,1-2H3/t20-,23+,27?,28-/m0/s1. The normalized spacial score (nSPS) is 26.4. The summed E-state index contributed by atoms with van der Waals surface area (Å²) < 4.78 is 12.1. The lowest BCUT2D eigenvalue weighted by molar-refractivity contribution is -0.138. The average molecular weight is 476 g/mol. The molecule has 5 rings (SSSR count). The van der Waals surface area contributed by atoms with Crippen LogP contribution in [0.1, 0.15) is 64.4 Å². The fourth-order valence-corrected chi connectivity index (χ4v) is 6.18. The van der Waals surface area contributed by atoms with E-state index in [-0.39, 0.29) is 24.0 Å². The first-order chi connectivity index (χ1) is 17.0. The highest BCUT2D eigenvalue weighted by Gasteiger charge is 2.44. The quantitative estimate of drug-likeness (QED) is 0.522. The Labute approximate surface area is 208 Å². The lowest BCUT2D eigenvalue weighted by Gasteiger charge is -2.50. The molecule has 0 spiro atoms. The zero-order chi connectivity index (χ0) is 24.4. The fourth-order valence-electron chi connectivity index (χ4n) is 6.18. The zero-order valence-electron chi connectivity index (χ0n) is 20.9. The van der Waals surface area contributed by atoms with Gasteiger partial charge in [0.2, 0.25) is 0 Å². The van der Waals surface area contributed by atoms with Crippen molar-refractivity contribution in [2.75, 3.05) is 6.54 Å². The summed E-state index contributed by atoms with van der Waals surface area (Å²) >= 11 is 0. The summed E-state index contributed by atoms with van der Waals surface area (Å²) in [5.74, 6) is 1.16. The lowest BCUT2D eigenvalue weighted by atomic mass is 9.73. The molecular weight excluding hydrogens is 438 g/mol. The van der Waals surface area contributed by atoms with Gasteiger partial charge in [-0.15, -0.1) is 0 Å². The molecule has 35 heavy (non-hydrogen) atoms. The van der Waals surface area contributed by atoms with Crippen molar-refractivity contribution in [1.29, 1.82) is 0 Å². The van der Waals surface area contributed by atoms with Gasteiger partial charge in [-0.2, -0.15) is 0 Å². The van der Waals surface area contributed by atoms with Crippen LogP contribution in [-0.2, 0) is 20.7 Å². The van der Waals surface area contributed by atoms with E-state index >= 15 is 0 Å². The Balaban J connectivity index is 1.38. The second-order valence-corrected chi connectivity index (χ2v) is 10.3. The number of aliphatic hydroxyl groups excluding tert-OH is 1. The van der Waals surface area contributed by atoms with E-state index in [9.17, 15) is 9.90 Å². The number of benzene rings is 1. The Morgan fingerprint density at radius 2 is 2.03 bits per heavy atom. The van der Waals surface area contributed by atoms with Crippen LogP contribution in [0.4, 0.5) is 0 Å². The number of aliphatic hydroxyl groups is 1. The number of esters is 1. The Bertz CT molecular complexity index is 1070. The predicted molar refractivity (Wildman–Crippen MR) is 136 cm³/mol. The maximum absolute atomic E-state index is 11.9. The minimum absolute atomic E-state index is 0.00211. The van der Waals surface area contributed by atoms with Gasteiger partial charge in [-0.05, 0) is 74.3 Å². The van der Waals surface area contributed by atoms with Gasteiger partial charge in [0.05, 0.1) is 23.9 Å². The SMILES string of the molecule is CC(=O)OC1=C2C3C=C(O[C@@H](C)CCCc4ccccc4)C=CC3=C3CCCC[C@@H]3N2C[C@H](O)C1. The summed E-state index contributed by atoms with van der Waals surface area (Å²) in [6.07, 6.45) is 14.2. The van der Waals surface area contributed by atoms with Crippen LogP contribution in [0.15, 0.2) is 76.9 Å². The number of carbonyl (C=O) groups is 1.